The summed E-state index contributed by atoms with van der Waals surface area (Å²) in [6.45, 7) is 6.05. The van der Waals surface area contributed by atoms with Gasteiger partial charge in [-0.05, 0) is 47.2 Å². The molecule has 0 saturated carbocycles. The Labute approximate surface area is 397 Å². The Kier molecular flexibility index (Phi) is 15.1. The van der Waals surface area contributed by atoms with Gasteiger partial charge in [-0.2, -0.15) is 0 Å². The molecule has 0 N–H and O–H groups in total. The summed E-state index contributed by atoms with van der Waals surface area (Å²) in [6.07, 6.45) is -5.16. The number of hydrogen-bond acceptors (Lipinski definition) is 13. The third kappa shape index (κ3) is 11.8. The summed E-state index contributed by atoms with van der Waals surface area (Å²) in [5, 5.41) is 8.97. The maximum atomic E-state index is 7.04. The predicted molar refractivity (Wildman–Crippen MR) is 247 cm³/mol. The summed E-state index contributed by atoms with van der Waals surface area (Å²) in [5.41, 5.74) is 6.67. The standard InChI is InChI=1S/C54H59N3O11/c1-54(2)67-51-49(62-32-40-22-13-6-14-23-40)47(66-53(51)68-54)44-36-64-52-50(63-34-43-28-57(56-55-43)27-41-24-15-25-42(26-41)33-59-44)48(61-31-39-20-11-5-12-21-39)46(60-30-38-18-9-4-10-19-38)45(65-52)35-58-29-37-16-7-3-8-17-37/h3-26,28,44-53H,27,29-36H2,1-2H3/t44-,45-,46-,47-,48+,49+,50-,51-,52+,53-/m1/s1. The zero-order valence-corrected chi connectivity index (χ0v) is 38.4. The topological polar surface area (TPSA) is 132 Å². The van der Waals surface area contributed by atoms with E-state index in [4.69, 9.17) is 52.1 Å². The number of fused-ring (bicyclic) bond motifs is 6. The van der Waals surface area contributed by atoms with Crippen LogP contribution in [0.3, 0.4) is 0 Å². The van der Waals surface area contributed by atoms with Crippen molar-refractivity contribution in [1.29, 1.82) is 0 Å². The van der Waals surface area contributed by atoms with Gasteiger partial charge >= 0.3 is 0 Å². The van der Waals surface area contributed by atoms with Crippen LogP contribution in [0.4, 0.5) is 0 Å². The van der Waals surface area contributed by atoms with Crippen molar-refractivity contribution in [2.24, 2.45) is 0 Å². The van der Waals surface area contributed by atoms with Crippen molar-refractivity contribution in [3.05, 3.63) is 191 Å². The van der Waals surface area contributed by atoms with E-state index >= 15 is 0 Å². The lowest BCUT2D eigenvalue weighted by molar-refractivity contribution is -0.334. The molecule has 68 heavy (non-hydrogen) atoms. The highest BCUT2D eigenvalue weighted by molar-refractivity contribution is 5.24. The molecule has 4 aliphatic heterocycles. The van der Waals surface area contributed by atoms with Crippen LogP contribution in [0.5, 0.6) is 0 Å². The van der Waals surface area contributed by atoms with Gasteiger partial charge in [0.25, 0.3) is 0 Å². The molecule has 0 amide bonds. The summed E-state index contributed by atoms with van der Waals surface area (Å²) in [6, 6.07) is 48.4. The molecule has 5 aromatic carbocycles. The molecular formula is C54H59N3O11. The van der Waals surface area contributed by atoms with Crippen molar-refractivity contribution in [3.63, 3.8) is 0 Å². The van der Waals surface area contributed by atoms with E-state index in [0.717, 1.165) is 33.4 Å². The highest BCUT2D eigenvalue weighted by atomic mass is 16.8. The van der Waals surface area contributed by atoms with Crippen molar-refractivity contribution in [1.82, 2.24) is 15.0 Å². The zero-order valence-electron chi connectivity index (χ0n) is 38.4. The first kappa shape index (κ1) is 46.5. The number of nitrogens with zero attached hydrogens (tertiary/aromatic N) is 3. The third-order valence-corrected chi connectivity index (χ3v) is 12.5. The van der Waals surface area contributed by atoms with Crippen LogP contribution in [0.25, 0.3) is 0 Å². The van der Waals surface area contributed by atoms with E-state index in [0.29, 0.717) is 32.1 Å². The van der Waals surface area contributed by atoms with E-state index in [1.54, 1.807) is 4.68 Å². The predicted octanol–water partition coefficient (Wildman–Crippen LogP) is 7.70. The van der Waals surface area contributed by atoms with Crippen LogP contribution in [0.2, 0.25) is 0 Å². The fourth-order valence-electron chi connectivity index (χ4n) is 9.17. The van der Waals surface area contributed by atoms with Crippen molar-refractivity contribution in [3.8, 4) is 0 Å². The van der Waals surface area contributed by atoms with Gasteiger partial charge in [-0.25, -0.2) is 4.68 Å². The van der Waals surface area contributed by atoms with Crippen molar-refractivity contribution >= 4 is 0 Å². The van der Waals surface area contributed by atoms with E-state index in [9.17, 15) is 0 Å². The number of aromatic nitrogens is 3. The molecule has 10 rings (SSSR count). The molecule has 1 aromatic heterocycles. The van der Waals surface area contributed by atoms with Gasteiger partial charge in [0.15, 0.2) is 18.4 Å². The van der Waals surface area contributed by atoms with E-state index in [1.807, 2.05) is 154 Å². The maximum Gasteiger partial charge on any atom is 0.190 e. The Balaban J connectivity index is 0.997. The lowest BCUT2D eigenvalue weighted by Crippen LogP contribution is -2.62. The minimum atomic E-state index is -1.01. The fourth-order valence-corrected chi connectivity index (χ4v) is 9.17. The first-order valence-electron chi connectivity index (χ1n) is 23.5. The summed E-state index contributed by atoms with van der Waals surface area (Å²) in [4.78, 5) is 0. The maximum absolute atomic E-state index is 7.04. The van der Waals surface area contributed by atoms with Crippen LogP contribution in [-0.2, 0) is 98.3 Å². The van der Waals surface area contributed by atoms with E-state index in [2.05, 4.69) is 22.4 Å². The van der Waals surface area contributed by atoms with Gasteiger partial charge in [-0.15, -0.1) is 5.10 Å². The number of rotatable bonds is 14. The highest BCUT2D eigenvalue weighted by Crippen LogP contribution is 2.41. The normalized spacial score (nSPS) is 28.1. The van der Waals surface area contributed by atoms with Crippen molar-refractivity contribution in [2.45, 2.75) is 127 Å². The fraction of sp³-hybridized carbons (Fsp3) is 0.407. The van der Waals surface area contributed by atoms with Crippen molar-refractivity contribution in [2.75, 3.05) is 13.2 Å². The smallest absolute Gasteiger partial charge is 0.190 e. The molecule has 0 aliphatic carbocycles. The Morgan fingerprint density at radius 2 is 1.16 bits per heavy atom. The Bertz CT molecular complexity index is 2460. The van der Waals surface area contributed by atoms with Crippen LogP contribution in [0.15, 0.2) is 152 Å². The molecule has 4 aliphatic rings. The molecule has 356 valence electrons. The molecule has 0 unspecified atom stereocenters. The van der Waals surface area contributed by atoms with Gasteiger partial charge in [0, 0.05) is 0 Å². The van der Waals surface area contributed by atoms with E-state index in [1.165, 1.54) is 0 Å². The third-order valence-electron chi connectivity index (χ3n) is 12.5. The molecule has 3 fully saturated rings. The summed E-state index contributed by atoms with van der Waals surface area (Å²) in [7, 11) is 0. The number of benzene rings is 5. The van der Waals surface area contributed by atoms with Crippen LogP contribution in [0.1, 0.15) is 52.9 Å². The van der Waals surface area contributed by atoms with E-state index < -0.39 is 67.2 Å². The second kappa shape index (κ2) is 22.0. The average Bonchev–Trinajstić information content (AvgIpc) is 4.04. The summed E-state index contributed by atoms with van der Waals surface area (Å²) >= 11 is 0. The highest BCUT2D eigenvalue weighted by Gasteiger charge is 2.58. The van der Waals surface area contributed by atoms with Gasteiger partial charge in [-0.1, -0.05) is 151 Å². The van der Waals surface area contributed by atoms with Gasteiger partial charge in [-0.3, -0.25) is 0 Å². The average molecular weight is 926 g/mol. The van der Waals surface area contributed by atoms with Gasteiger partial charge in [0.1, 0.15) is 54.5 Å². The Morgan fingerprint density at radius 3 is 1.82 bits per heavy atom. The van der Waals surface area contributed by atoms with Gasteiger partial charge < -0.3 is 52.1 Å². The zero-order chi connectivity index (χ0) is 46.1. The molecule has 5 heterocycles. The van der Waals surface area contributed by atoms with Crippen LogP contribution in [-0.4, -0.2) is 95.4 Å². The lowest BCUT2D eigenvalue weighted by Gasteiger charge is -2.46. The largest absolute Gasteiger partial charge is 0.374 e. The minimum Gasteiger partial charge on any atom is -0.374 e. The summed E-state index contributed by atoms with van der Waals surface area (Å²) in [5.74, 6) is -0.873. The van der Waals surface area contributed by atoms with Gasteiger partial charge in [0.05, 0.1) is 65.6 Å². The molecule has 0 spiro atoms. The van der Waals surface area contributed by atoms with E-state index in [-0.39, 0.29) is 33.0 Å². The monoisotopic (exact) mass is 925 g/mol. The molecule has 4 bridgehead atoms. The molecule has 0 radical (unpaired) electrons. The molecule has 14 heteroatoms. The second-order valence-corrected chi connectivity index (χ2v) is 18.1. The number of hydrogen-bond donors (Lipinski definition) is 0. The van der Waals surface area contributed by atoms with Crippen LogP contribution < -0.4 is 0 Å². The van der Waals surface area contributed by atoms with Gasteiger partial charge in [0.2, 0.25) is 0 Å². The van der Waals surface area contributed by atoms with Crippen LogP contribution >= 0.6 is 0 Å². The van der Waals surface area contributed by atoms with Crippen LogP contribution in [0, 0.1) is 0 Å². The Morgan fingerprint density at radius 1 is 0.559 bits per heavy atom. The van der Waals surface area contributed by atoms with Crippen molar-refractivity contribution < 1.29 is 52.1 Å². The molecule has 6 aromatic rings. The SMILES string of the molecule is CC1(C)O[C@H]2O[C@H]([C@H]3CO[C@H]4O[C@H](COCc5ccccc5)[C@@H](OCc5ccccc5)[C@H](OCc5ccccc5)[C@H]4OCc4cn(nn4)Cc4cccc(c4)CO3)[C@H](OCc3ccccc3)[C@H]2O1. The second-order valence-electron chi connectivity index (χ2n) is 18.1. The molecule has 14 nitrogen and oxygen atoms in total. The minimum absolute atomic E-state index is 0.0115. The first-order chi connectivity index (χ1) is 33.4. The number of ether oxygens (including phenoxy) is 11. The quantitative estimate of drug-likeness (QED) is 0.106. The Hall–Kier alpha value is -5.20. The molecular weight excluding hydrogens is 867 g/mol. The molecule has 3 saturated heterocycles. The molecule has 10 atom stereocenters. The first-order valence-corrected chi connectivity index (χ1v) is 23.5. The lowest BCUT2D eigenvalue weighted by atomic mass is 9.97. The summed E-state index contributed by atoms with van der Waals surface area (Å²) < 4.78 is 76.2.